The molecule has 0 amide bonds. The summed E-state index contributed by atoms with van der Waals surface area (Å²) in [6, 6.07) is 5.98. The molecule has 0 aliphatic carbocycles. The van der Waals surface area contributed by atoms with Gasteiger partial charge in [-0.25, -0.2) is 0 Å². The number of aromatic nitrogens is 2. The molecule has 1 heterocycles. The average Bonchev–Trinajstić information content (AvgIpc) is 2.68. The van der Waals surface area contributed by atoms with Crippen molar-refractivity contribution >= 4 is 21.6 Å². The van der Waals surface area contributed by atoms with E-state index in [4.69, 9.17) is 0 Å². The second-order valence-corrected chi connectivity index (χ2v) is 5.01. The molecule has 1 aromatic heterocycles. The molecule has 1 N–H and O–H groups in total. The number of aryl methyl sites for hydroxylation is 1. The molecule has 7 heteroatoms. The lowest BCUT2D eigenvalue weighted by Gasteiger charge is -2.10. The number of halogens is 1. The molecule has 0 radical (unpaired) electrons. The highest BCUT2D eigenvalue weighted by Crippen LogP contribution is 2.21. The molecule has 0 saturated heterocycles. The zero-order valence-corrected chi connectivity index (χ0v) is 11.7. The quantitative estimate of drug-likeness (QED) is 0.692. The van der Waals surface area contributed by atoms with Crippen molar-refractivity contribution in [2.75, 3.05) is 0 Å². The van der Waals surface area contributed by atoms with Crippen LogP contribution in [-0.4, -0.2) is 19.8 Å². The van der Waals surface area contributed by atoms with E-state index in [-0.39, 0.29) is 12.2 Å². The summed E-state index contributed by atoms with van der Waals surface area (Å²) in [4.78, 5) is 10.2. The number of aliphatic hydroxyl groups is 1. The fourth-order valence-electron chi connectivity index (χ4n) is 1.72. The Morgan fingerprint density at radius 2 is 2.32 bits per heavy atom. The van der Waals surface area contributed by atoms with Crippen LogP contribution in [0.2, 0.25) is 0 Å². The second-order valence-electron chi connectivity index (χ2n) is 4.15. The Morgan fingerprint density at radius 1 is 1.58 bits per heavy atom. The molecule has 19 heavy (non-hydrogen) atoms. The number of hydrogen-bond donors (Lipinski definition) is 1. The van der Waals surface area contributed by atoms with E-state index in [1.54, 1.807) is 23.0 Å². The van der Waals surface area contributed by atoms with Crippen LogP contribution in [0.5, 0.6) is 0 Å². The van der Waals surface area contributed by atoms with Gasteiger partial charge >= 0.3 is 0 Å². The van der Waals surface area contributed by atoms with Crippen LogP contribution in [0, 0.1) is 17.0 Å². The van der Waals surface area contributed by atoms with Gasteiger partial charge in [0.1, 0.15) is 0 Å². The average molecular weight is 326 g/mol. The predicted molar refractivity (Wildman–Crippen MR) is 72.7 cm³/mol. The normalized spacial score (nSPS) is 12.4. The Labute approximate surface area is 118 Å². The molecular formula is C12H12BrN3O3. The lowest BCUT2D eigenvalue weighted by atomic mass is 10.1. The van der Waals surface area contributed by atoms with Gasteiger partial charge in [0.05, 0.1) is 27.7 Å². The van der Waals surface area contributed by atoms with Crippen LogP contribution < -0.4 is 0 Å². The molecule has 0 aliphatic heterocycles. The molecular weight excluding hydrogens is 314 g/mol. The van der Waals surface area contributed by atoms with Gasteiger partial charge in [-0.1, -0.05) is 12.1 Å². The molecule has 100 valence electrons. The minimum Gasteiger partial charge on any atom is -0.386 e. The highest BCUT2D eigenvalue weighted by molar-refractivity contribution is 9.10. The van der Waals surface area contributed by atoms with Gasteiger partial charge in [-0.3, -0.25) is 14.8 Å². The summed E-state index contributed by atoms with van der Waals surface area (Å²) in [5.41, 5.74) is 1.29. The third-order valence-corrected chi connectivity index (χ3v) is 3.49. The van der Waals surface area contributed by atoms with Gasteiger partial charge in [-0.2, -0.15) is 5.10 Å². The van der Waals surface area contributed by atoms with Gasteiger partial charge in [0.15, 0.2) is 0 Å². The van der Waals surface area contributed by atoms with E-state index >= 15 is 0 Å². The second kappa shape index (κ2) is 5.50. The maximum Gasteiger partial charge on any atom is 0.269 e. The van der Waals surface area contributed by atoms with Crippen molar-refractivity contribution in [3.63, 3.8) is 0 Å². The van der Waals surface area contributed by atoms with Crippen LogP contribution in [0.15, 0.2) is 34.9 Å². The standard InChI is InChI=1S/C12H12BrN3O3/c1-8-11(13)6-15(14-8)7-12(17)9-3-2-4-10(5-9)16(18)19/h2-6,12,17H,7H2,1H3. The van der Waals surface area contributed by atoms with E-state index in [1.807, 2.05) is 6.92 Å². The van der Waals surface area contributed by atoms with Crippen LogP contribution in [0.3, 0.4) is 0 Å². The molecule has 0 aliphatic rings. The molecule has 2 aromatic rings. The van der Waals surface area contributed by atoms with Gasteiger partial charge in [0.25, 0.3) is 5.69 Å². The highest BCUT2D eigenvalue weighted by Gasteiger charge is 2.14. The summed E-state index contributed by atoms with van der Waals surface area (Å²) in [5.74, 6) is 0. The molecule has 0 bridgehead atoms. The van der Waals surface area contributed by atoms with Crippen LogP contribution in [0.25, 0.3) is 0 Å². The summed E-state index contributed by atoms with van der Waals surface area (Å²) in [6.45, 7) is 2.09. The fourth-order valence-corrected chi connectivity index (χ4v) is 2.03. The third kappa shape index (κ3) is 3.18. The molecule has 0 fully saturated rings. The molecule has 0 saturated carbocycles. The topological polar surface area (TPSA) is 81.2 Å². The van der Waals surface area contributed by atoms with E-state index < -0.39 is 11.0 Å². The number of non-ortho nitro benzene ring substituents is 1. The number of rotatable bonds is 4. The smallest absolute Gasteiger partial charge is 0.269 e. The SMILES string of the molecule is Cc1nn(CC(O)c2cccc([N+](=O)[O-])c2)cc1Br. The number of hydrogen-bond acceptors (Lipinski definition) is 4. The van der Waals surface area contributed by atoms with Crippen molar-refractivity contribution in [2.45, 2.75) is 19.6 Å². The lowest BCUT2D eigenvalue weighted by molar-refractivity contribution is -0.385. The first-order valence-electron chi connectivity index (χ1n) is 5.59. The molecule has 1 atom stereocenters. The van der Waals surface area contributed by atoms with Gasteiger partial charge in [-0.15, -0.1) is 0 Å². The lowest BCUT2D eigenvalue weighted by Crippen LogP contribution is -2.09. The van der Waals surface area contributed by atoms with Gasteiger partial charge in [0, 0.05) is 18.3 Å². The maximum absolute atomic E-state index is 10.7. The number of benzene rings is 1. The van der Waals surface area contributed by atoms with Crippen molar-refractivity contribution in [1.29, 1.82) is 0 Å². The maximum atomic E-state index is 10.7. The van der Waals surface area contributed by atoms with E-state index in [0.717, 1.165) is 10.2 Å². The summed E-state index contributed by atoms with van der Waals surface area (Å²) in [5, 5.41) is 25.0. The number of aliphatic hydroxyl groups excluding tert-OH is 1. The van der Waals surface area contributed by atoms with Crippen LogP contribution in [-0.2, 0) is 6.54 Å². The number of nitro benzene ring substituents is 1. The van der Waals surface area contributed by atoms with Gasteiger partial charge in [0.2, 0.25) is 0 Å². The van der Waals surface area contributed by atoms with Crippen LogP contribution in [0.1, 0.15) is 17.4 Å². The minimum atomic E-state index is -0.842. The van der Waals surface area contributed by atoms with E-state index in [2.05, 4.69) is 21.0 Å². The van der Waals surface area contributed by atoms with Crippen molar-refractivity contribution < 1.29 is 10.0 Å². The van der Waals surface area contributed by atoms with E-state index in [1.165, 1.54) is 12.1 Å². The largest absolute Gasteiger partial charge is 0.386 e. The van der Waals surface area contributed by atoms with Crippen LogP contribution in [0.4, 0.5) is 5.69 Å². The Bertz CT molecular complexity index is 593. The van der Waals surface area contributed by atoms with Crippen molar-refractivity contribution in [1.82, 2.24) is 9.78 Å². The first-order valence-corrected chi connectivity index (χ1v) is 6.38. The van der Waals surface area contributed by atoms with Crippen LogP contribution >= 0.6 is 15.9 Å². The predicted octanol–water partition coefficient (Wildman–Crippen LogP) is 2.60. The summed E-state index contributed by atoms with van der Waals surface area (Å²) in [7, 11) is 0. The van der Waals surface area contributed by atoms with E-state index in [9.17, 15) is 15.2 Å². The Kier molecular flexibility index (Phi) is 3.96. The van der Waals surface area contributed by atoms with Gasteiger partial charge in [-0.05, 0) is 28.4 Å². The number of nitrogens with zero attached hydrogens (tertiary/aromatic N) is 3. The third-order valence-electron chi connectivity index (χ3n) is 2.71. The highest BCUT2D eigenvalue weighted by atomic mass is 79.9. The Morgan fingerprint density at radius 3 is 2.89 bits per heavy atom. The Hall–Kier alpha value is -1.73. The number of nitro groups is 1. The van der Waals surface area contributed by atoms with Crippen molar-refractivity contribution in [3.8, 4) is 0 Å². The van der Waals surface area contributed by atoms with Crippen molar-refractivity contribution in [3.05, 3.63) is 56.3 Å². The molecule has 2 rings (SSSR count). The van der Waals surface area contributed by atoms with Crippen molar-refractivity contribution in [2.24, 2.45) is 0 Å². The molecule has 6 nitrogen and oxygen atoms in total. The minimum absolute atomic E-state index is 0.0330. The first kappa shape index (κ1) is 13.7. The molecule has 1 aromatic carbocycles. The van der Waals surface area contributed by atoms with Gasteiger partial charge < -0.3 is 5.11 Å². The molecule has 1 unspecified atom stereocenters. The van der Waals surface area contributed by atoms with E-state index in [0.29, 0.717) is 5.56 Å². The first-order chi connectivity index (χ1) is 8.97. The molecule has 0 spiro atoms. The Balaban J connectivity index is 2.17. The summed E-state index contributed by atoms with van der Waals surface area (Å²) >= 11 is 3.34. The fraction of sp³-hybridized carbons (Fsp3) is 0.250. The zero-order valence-electron chi connectivity index (χ0n) is 10.2. The monoisotopic (exact) mass is 325 g/mol. The summed E-state index contributed by atoms with van der Waals surface area (Å²) in [6.07, 6.45) is 0.918. The zero-order chi connectivity index (χ0) is 14.0. The summed E-state index contributed by atoms with van der Waals surface area (Å²) < 4.78 is 2.46.